The van der Waals surface area contributed by atoms with E-state index < -0.39 is 0 Å². The molecule has 4 aromatic rings. The lowest BCUT2D eigenvalue weighted by molar-refractivity contribution is 0.951. The molecule has 5 rings (SSSR count). The summed E-state index contributed by atoms with van der Waals surface area (Å²) in [6.07, 6.45) is 1.10. The highest BCUT2D eigenvalue weighted by atomic mass is 32.2. The van der Waals surface area contributed by atoms with Gasteiger partial charge in [-0.25, -0.2) is 0 Å². The summed E-state index contributed by atoms with van der Waals surface area (Å²) in [5, 5.41) is 0.460. The van der Waals surface area contributed by atoms with Crippen molar-refractivity contribution in [2.45, 2.75) is 16.6 Å². The minimum atomic E-state index is 0.460. The standard InChI is InChI=1S/C26H20S/c1-3-9-19(10-4-1)21-15-16-23(20-11-5-2-6-12-20)24(17-21)26-18-22-13-7-8-14-25(22)27-26/h1-17,26H,18H2. The average molecular weight is 365 g/mol. The van der Waals surface area contributed by atoms with Gasteiger partial charge in [0.25, 0.3) is 0 Å². The van der Waals surface area contributed by atoms with Crippen molar-refractivity contribution in [3.63, 3.8) is 0 Å². The van der Waals surface area contributed by atoms with Crippen LogP contribution in [0.4, 0.5) is 0 Å². The lowest BCUT2D eigenvalue weighted by atomic mass is 9.91. The molecule has 0 N–H and O–H groups in total. The van der Waals surface area contributed by atoms with Crippen molar-refractivity contribution in [1.29, 1.82) is 0 Å². The van der Waals surface area contributed by atoms with Gasteiger partial charge in [0.1, 0.15) is 0 Å². The van der Waals surface area contributed by atoms with Gasteiger partial charge in [0.15, 0.2) is 0 Å². The molecular formula is C26H20S. The number of benzene rings is 4. The second-order valence-corrected chi connectivity index (χ2v) is 8.20. The van der Waals surface area contributed by atoms with Gasteiger partial charge < -0.3 is 0 Å². The first-order valence-corrected chi connectivity index (χ1v) is 10.3. The molecule has 0 spiro atoms. The highest BCUT2D eigenvalue weighted by molar-refractivity contribution is 7.99. The Balaban J connectivity index is 1.63. The first-order chi connectivity index (χ1) is 13.4. The Kier molecular flexibility index (Phi) is 4.31. The monoisotopic (exact) mass is 364 g/mol. The number of rotatable bonds is 3. The third-order valence-electron chi connectivity index (χ3n) is 5.24. The lowest BCUT2D eigenvalue weighted by Gasteiger charge is -2.17. The van der Waals surface area contributed by atoms with Gasteiger partial charge in [-0.15, -0.1) is 11.8 Å². The molecule has 1 heterocycles. The van der Waals surface area contributed by atoms with Crippen LogP contribution in [0.15, 0.2) is 108 Å². The van der Waals surface area contributed by atoms with E-state index in [2.05, 4.69) is 103 Å². The van der Waals surface area contributed by atoms with Gasteiger partial charge in [0.05, 0.1) is 0 Å². The zero-order valence-corrected chi connectivity index (χ0v) is 15.8. The summed E-state index contributed by atoms with van der Waals surface area (Å²) in [5.41, 5.74) is 8.12. The molecule has 0 radical (unpaired) electrons. The van der Waals surface area contributed by atoms with Gasteiger partial charge in [-0.2, -0.15) is 0 Å². The van der Waals surface area contributed by atoms with Crippen molar-refractivity contribution in [1.82, 2.24) is 0 Å². The summed E-state index contributed by atoms with van der Waals surface area (Å²) in [7, 11) is 0. The predicted molar refractivity (Wildman–Crippen MR) is 116 cm³/mol. The highest BCUT2D eigenvalue weighted by Gasteiger charge is 2.26. The van der Waals surface area contributed by atoms with Crippen LogP contribution < -0.4 is 0 Å². The van der Waals surface area contributed by atoms with Crippen LogP contribution in [0.3, 0.4) is 0 Å². The molecule has 1 heteroatoms. The SMILES string of the molecule is c1ccc(-c2ccc(-c3ccccc3)c(C3Cc4ccccc4S3)c2)cc1. The van der Waals surface area contributed by atoms with E-state index in [1.165, 1.54) is 38.3 Å². The van der Waals surface area contributed by atoms with Gasteiger partial charge in [-0.1, -0.05) is 91.0 Å². The molecule has 0 saturated heterocycles. The van der Waals surface area contributed by atoms with Crippen LogP contribution in [0.25, 0.3) is 22.3 Å². The summed E-state index contributed by atoms with van der Waals surface area (Å²) in [6, 6.07) is 37.2. The van der Waals surface area contributed by atoms with Gasteiger partial charge in [0, 0.05) is 10.1 Å². The van der Waals surface area contributed by atoms with Crippen LogP contribution in [0.2, 0.25) is 0 Å². The molecular weight excluding hydrogens is 344 g/mol. The lowest BCUT2D eigenvalue weighted by Crippen LogP contribution is -1.97. The second kappa shape index (κ2) is 7.09. The van der Waals surface area contributed by atoms with Gasteiger partial charge in [-0.3, -0.25) is 0 Å². The van der Waals surface area contributed by atoms with Gasteiger partial charge in [-0.05, 0) is 51.9 Å². The molecule has 0 aromatic heterocycles. The number of hydrogen-bond donors (Lipinski definition) is 0. The summed E-state index contributed by atoms with van der Waals surface area (Å²) in [6.45, 7) is 0. The fraction of sp³-hybridized carbons (Fsp3) is 0.0769. The average Bonchev–Trinajstić information content (AvgIpc) is 3.19. The molecule has 130 valence electrons. The normalized spacial score (nSPS) is 15.5. The smallest absolute Gasteiger partial charge is 0.0391 e. The van der Waals surface area contributed by atoms with Crippen molar-refractivity contribution in [2.75, 3.05) is 0 Å². The third-order valence-corrected chi connectivity index (χ3v) is 6.59. The zero-order valence-electron chi connectivity index (χ0n) is 15.0. The number of hydrogen-bond acceptors (Lipinski definition) is 1. The highest BCUT2D eigenvalue weighted by Crippen LogP contribution is 2.49. The Morgan fingerprint density at radius 3 is 2.00 bits per heavy atom. The van der Waals surface area contributed by atoms with Crippen LogP contribution in [0.5, 0.6) is 0 Å². The number of fused-ring (bicyclic) bond motifs is 1. The van der Waals surface area contributed by atoms with Gasteiger partial charge in [0.2, 0.25) is 0 Å². The molecule has 4 aromatic carbocycles. The zero-order chi connectivity index (χ0) is 18.1. The summed E-state index contributed by atoms with van der Waals surface area (Å²) >= 11 is 2.00. The molecule has 0 saturated carbocycles. The van der Waals surface area contributed by atoms with Crippen molar-refractivity contribution in [3.05, 3.63) is 114 Å². The van der Waals surface area contributed by atoms with E-state index in [4.69, 9.17) is 0 Å². The third kappa shape index (κ3) is 3.20. The molecule has 0 bridgehead atoms. The van der Waals surface area contributed by atoms with E-state index in [0.29, 0.717) is 5.25 Å². The predicted octanol–water partition coefficient (Wildman–Crippen LogP) is 7.41. The molecule has 0 fully saturated rings. The van der Waals surface area contributed by atoms with E-state index in [0.717, 1.165) is 6.42 Å². The van der Waals surface area contributed by atoms with Crippen molar-refractivity contribution >= 4 is 11.8 Å². The molecule has 27 heavy (non-hydrogen) atoms. The Hall–Kier alpha value is -2.77. The van der Waals surface area contributed by atoms with Crippen LogP contribution >= 0.6 is 11.8 Å². The van der Waals surface area contributed by atoms with Crippen molar-refractivity contribution in [3.8, 4) is 22.3 Å². The van der Waals surface area contributed by atoms with E-state index in [-0.39, 0.29) is 0 Å². The molecule has 0 amide bonds. The minimum Gasteiger partial charge on any atom is -0.117 e. The van der Waals surface area contributed by atoms with E-state index in [1.807, 2.05) is 11.8 Å². The van der Waals surface area contributed by atoms with Crippen molar-refractivity contribution in [2.24, 2.45) is 0 Å². The Morgan fingerprint density at radius 1 is 0.593 bits per heavy atom. The first-order valence-electron chi connectivity index (χ1n) is 9.38. The van der Waals surface area contributed by atoms with Gasteiger partial charge >= 0.3 is 0 Å². The van der Waals surface area contributed by atoms with Crippen molar-refractivity contribution < 1.29 is 0 Å². The van der Waals surface area contributed by atoms with E-state index >= 15 is 0 Å². The van der Waals surface area contributed by atoms with Crippen LogP contribution in [0.1, 0.15) is 16.4 Å². The largest absolute Gasteiger partial charge is 0.117 e. The molecule has 1 aliphatic heterocycles. The molecule has 1 atom stereocenters. The summed E-state index contributed by atoms with van der Waals surface area (Å²) < 4.78 is 0. The fourth-order valence-electron chi connectivity index (χ4n) is 3.88. The van der Waals surface area contributed by atoms with E-state index in [1.54, 1.807) is 0 Å². The molecule has 0 nitrogen and oxygen atoms in total. The topological polar surface area (TPSA) is 0 Å². The Bertz CT molecular complexity index is 1040. The molecule has 1 aliphatic rings. The first kappa shape index (κ1) is 16.4. The van der Waals surface area contributed by atoms with Crippen LogP contribution in [-0.4, -0.2) is 0 Å². The quantitative estimate of drug-likeness (QED) is 0.365. The fourth-order valence-corrected chi connectivity index (χ4v) is 5.23. The summed E-state index contributed by atoms with van der Waals surface area (Å²) in [4.78, 5) is 1.42. The minimum absolute atomic E-state index is 0.460. The summed E-state index contributed by atoms with van der Waals surface area (Å²) in [5.74, 6) is 0. The Morgan fingerprint density at radius 2 is 1.26 bits per heavy atom. The molecule has 1 unspecified atom stereocenters. The van der Waals surface area contributed by atoms with Crippen LogP contribution in [0, 0.1) is 0 Å². The maximum Gasteiger partial charge on any atom is 0.0391 e. The number of thioether (sulfide) groups is 1. The second-order valence-electron chi connectivity index (χ2n) is 6.95. The van der Waals surface area contributed by atoms with Crippen LogP contribution in [-0.2, 0) is 6.42 Å². The maximum absolute atomic E-state index is 2.40. The maximum atomic E-state index is 2.40. The Labute approximate surface area is 164 Å². The molecule has 0 aliphatic carbocycles. The van der Waals surface area contributed by atoms with E-state index in [9.17, 15) is 0 Å².